The Morgan fingerprint density at radius 1 is 1.53 bits per heavy atom. The Balaban J connectivity index is 4.61. The van der Waals surface area contributed by atoms with Gasteiger partial charge in [-0.15, -0.1) is 0 Å². The van der Waals surface area contributed by atoms with Gasteiger partial charge >= 0.3 is 0 Å². The van der Waals surface area contributed by atoms with Crippen molar-refractivity contribution in [2.24, 2.45) is 5.11 Å². The fourth-order valence-electron chi connectivity index (χ4n) is 1.02. The highest BCUT2D eigenvalue weighted by molar-refractivity contribution is 6.74. The van der Waals surface area contributed by atoms with Gasteiger partial charge < -0.3 is 9.53 Å². The Morgan fingerprint density at radius 2 is 2.06 bits per heavy atom. The van der Waals surface area contributed by atoms with Crippen molar-refractivity contribution in [1.29, 1.82) is 0 Å². The molecule has 98 valence electrons. The van der Waals surface area contributed by atoms with Crippen LogP contribution in [0.1, 0.15) is 27.2 Å². The monoisotopic (exact) mass is 259 g/mol. The lowest BCUT2D eigenvalue weighted by Crippen LogP contribution is -2.45. The molecule has 0 aromatic rings. The molecule has 0 aliphatic heterocycles. The van der Waals surface area contributed by atoms with Crippen molar-refractivity contribution in [3.8, 4) is 0 Å². The largest absolute Gasteiger partial charge is 0.411 e. The molecule has 1 N–H and O–H groups in total. The smallest absolute Gasteiger partial charge is 0.221 e. The van der Waals surface area contributed by atoms with Crippen molar-refractivity contribution in [3.05, 3.63) is 10.4 Å². The normalized spacial score (nSPS) is 14.0. The number of carbonyl (C=O) groups excluding carboxylic acids is 1. The highest BCUT2D eigenvalue weighted by Crippen LogP contribution is 2.37. The number of amides is 1. The zero-order chi connectivity index (χ0) is 13.7. The second kappa shape index (κ2) is 6.16. The van der Waals surface area contributed by atoms with E-state index in [4.69, 9.17) is 9.96 Å². The molecule has 0 bridgehead atoms. The summed E-state index contributed by atoms with van der Waals surface area (Å²) < 4.78 is 5.85. The van der Waals surface area contributed by atoms with E-state index in [0.717, 1.165) is 0 Å². The predicted octanol–water partition coefficient (Wildman–Crippen LogP) is 2.60. The summed E-state index contributed by atoms with van der Waals surface area (Å²) in [6.07, 6.45) is -0.665. The Bertz CT molecular complexity index is 319. The number of nitrogens with zero attached hydrogens (tertiary/aromatic N) is 3. The van der Waals surface area contributed by atoms with Gasteiger partial charge in [0, 0.05) is 11.3 Å². The van der Waals surface area contributed by atoms with Crippen LogP contribution < -0.4 is 0 Å². The van der Waals surface area contributed by atoms with Crippen LogP contribution >= 0.6 is 0 Å². The number of azide groups is 1. The number of aliphatic hydroxyl groups excluding tert-OH is 1. The van der Waals surface area contributed by atoms with Crippen LogP contribution in [0.15, 0.2) is 5.11 Å². The third-order valence-electron chi connectivity index (χ3n) is 3.03. The SMILES string of the molecule is CC(C)(C)[Si](C)(C)OC(CO)CC(=O)N=[N+]=[N-]. The van der Waals surface area contributed by atoms with E-state index < -0.39 is 20.3 Å². The van der Waals surface area contributed by atoms with Crippen LogP contribution in [0.4, 0.5) is 0 Å². The van der Waals surface area contributed by atoms with E-state index >= 15 is 0 Å². The van der Waals surface area contributed by atoms with E-state index in [-0.39, 0.29) is 18.1 Å². The van der Waals surface area contributed by atoms with Crippen LogP contribution in [-0.4, -0.2) is 32.0 Å². The predicted molar refractivity (Wildman–Crippen MR) is 67.9 cm³/mol. The van der Waals surface area contributed by atoms with Crippen LogP contribution in [0.5, 0.6) is 0 Å². The summed E-state index contributed by atoms with van der Waals surface area (Å²) >= 11 is 0. The molecule has 0 heterocycles. The molecule has 0 aliphatic carbocycles. The van der Waals surface area contributed by atoms with E-state index in [0.29, 0.717) is 0 Å². The first-order valence-electron chi connectivity index (χ1n) is 5.50. The minimum Gasteiger partial charge on any atom is -0.411 e. The first-order valence-corrected chi connectivity index (χ1v) is 8.41. The zero-order valence-electron chi connectivity index (χ0n) is 11.1. The summed E-state index contributed by atoms with van der Waals surface area (Å²) in [5.41, 5.74) is 8.13. The highest BCUT2D eigenvalue weighted by Gasteiger charge is 2.39. The van der Waals surface area contributed by atoms with Crippen LogP contribution in [0.2, 0.25) is 18.1 Å². The lowest BCUT2D eigenvalue weighted by atomic mass is 10.2. The first kappa shape index (κ1) is 16.1. The molecule has 0 aliphatic rings. The molecule has 0 saturated carbocycles. The van der Waals surface area contributed by atoms with Gasteiger partial charge in [0.2, 0.25) is 5.91 Å². The lowest BCUT2D eigenvalue weighted by Gasteiger charge is -2.38. The Hall–Kier alpha value is -0.883. The Labute approximate surface area is 103 Å². The van der Waals surface area contributed by atoms with Crippen molar-refractivity contribution in [2.75, 3.05) is 6.61 Å². The minimum atomic E-state index is -2.03. The van der Waals surface area contributed by atoms with Crippen molar-refractivity contribution in [3.63, 3.8) is 0 Å². The maximum Gasteiger partial charge on any atom is 0.221 e. The molecule has 0 aromatic carbocycles. The van der Waals surface area contributed by atoms with Crippen LogP contribution in [0.3, 0.4) is 0 Å². The lowest BCUT2D eigenvalue weighted by molar-refractivity contribution is -0.120. The Morgan fingerprint density at radius 3 is 2.41 bits per heavy atom. The quantitative estimate of drug-likeness (QED) is 0.356. The van der Waals surface area contributed by atoms with Crippen molar-refractivity contribution in [2.45, 2.75) is 51.4 Å². The standard InChI is InChI=1S/C10H21N3O3Si/c1-10(2,3)17(4,5)16-8(7-14)6-9(15)12-13-11/h8,14H,6-7H2,1-5H3. The topological polar surface area (TPSA) is 95.3 Å². The molecule has 1 unspecified atom stereocenters. The van der Waals surface area contributed by atoms with Gasteiger partial charge in [-0.05, 0) is 28.8 Å². The summed E-state index contributed by atoms with van der Waals surface area (Å²) in [6.45, 7) is 10.0. The third-order valence-corrected chi connectivity index (χ3v) is 7.56. The second-order valence-electron chi connectivity index (χ2n) is 5.47. The second-order valence-corrected chi connectivity index (χ2v) is 10.2. The molecule has 0 radical (unpaired) electrons. The molecule has 6 nitrogen and oxygen atoms in total. The van der Waals surface area contributed by atoms with Crippen LogP contribution in [0.25, 0.3) is 10.4 Å². The van der Waals surface area contributed by atoms with Gasteiger partial charge in [-0.2, -0.15) is 0 Å². The third kappa shape index (κ3) is 5.32. The van der Waals surface area contributed by atoms with Gasteiger partial charge in [0.1, 0.15) is 0 Å². The highest BCUT2D eigenvalue weighted by atomic mass is 28.4. The summed E-state index contributed by atoms with van der Waals surface area (Å²) in [4.78, 5) is 13.6. The van der Waals surface area contributed by atoms with Gasteiger partial charge in [0.25, 0.3) is 0 Å². The van der Waals surface area contributed by atoms with Crippen molar-refractivity contribution < 1.29 is 14.3 Å². The number of hydrogen-bond donors (Lipinski definition) is 1. The van der Waals surface area contributed by atoms with Crippen LogP contribution in [0, 0.1) is 0 Å². The summed E-state index contributed by atoms with van der Waals surface area (Å²) in [5.74, 6) is -0.606. The van der Waals surface area contributed by atoms with E-state index in [2.05, 4.69) is 30.8 Å². The molecule has 17 heavy (non-hydrogen) atoms. The molecule has 0 aromatic heterocycles. The number of rotatable bonds is 5. The molecule has 0 rings (SSSR count). The number of carbonyl (C=O) groups is 1. The summed E-state index contributed by atoms with van der Waals surface area (Å²) in [6, 6.07) is 0. The fraction of sp³-hybridized carbons (Fsp3) is 0.900. The van der Waals surface area contributed by atoms with E-state index in [1.807, 2.05) is 13.1 Å². The zero-order valence-corrected chi connectivity index (χ0v) is 12.1. The molecule has 7 heteroatoms. The molecule has 1 atom stereocenters. The molecular weight excluding hydrogens is 238 g/mol. The summed E-state index contributed by atoms with van der Waals surface area (Å²) in [5, 5.41) is 12.2. The van der Waals surface area contributed by atoms with Gasteiger partial charge in [-0.25, -0.2) is 0 Å². The average Bonchev–Trinajstić information content (AvgIpc) is 2.14. The van der Waals surface area contributed by atoms with E-state index in [1.54, 1.807) is 0 Å². The maximum atomic E-state index is 11.2. The van der Waals surface area contributed by atoms with Crippen LogP contribution in [-0.2, 0) is 9.22 Å². The molecule has 0 saturated heterocycles. The number of aliphatic hydroxyl groups is 1. The Kier molecular flexibility index (Phi) is 5.84. The maximum absolute atomic E-state index is 11.2. The van der Waals surface area contributed by atoms with Gasteiger partial charge in [0.05, 0.1) is 12.7 Å². The first-order chi connectivity index (χ1) is 7.64. The molecule has 0 fully saturated rings. The average molecular weight is 259 g/mol. The van der Waals surface area contributed by atoms with Gasteiger partial charge in [-0.1, -0.05) is 20.8 Å². The van der Waals surface area contributed by atoms with Gasteiger partial charge in [-0.3, -0.25) is 4.79 Å². The van der Waals surface area contributed by atoms with E-state index in [9.17, 15) is 9.90 Å². The van der Waals surface area contributed by atoms with Crippen molar-refractivity contribution >= 4 is 14.2 Å². The summed E-state index contributed by atoms with van der Waals surface area (Å²) in [7, 11) is -2.03. The van der Waals surface area contributed by atoms with Crippen molar-refractivity contribution in [1.82, 2.24) is 0 Å². The molecule has 0 spiro atoms. The number of hydrogen-bond acceptors (Lipinski definition) is 3. The minimum absolute atomic E-state index is 0.00195. The molecule has 1 amide bonds. The van der Waals surface area contributed by atoms with Gasteiger partial charge in [0.15, 0.2) is 8.32 Å². The fourth-order valence-corrected chi connectivity index (χ4v) is 2.37. The molecular formula is C10H21N3O3Si. The van der Waals surface area contributed by atoms with E-state index in [1.165, 1.54) is 0 Å².